The number of hydrogen-bond acceptors (Lipinski definition) is 2. The number of nitrogens with zero attached hydrogens (tertiary/aromatic N) is 2. The van der Waals surface area contributed by atoms with Gasteiger partial charge in [0.25, 0.3) is 0 Å². The van der Waals surface area contributed by atoms with E-state index in [1.54, 1.807) is 0 Å². The fourth-order valence-electron chi connectivity index (χ4n) is 2.32. The van der Waals surface area contributed by atoms with Gasteiger partial charge in [-0.05, 0) is 37.3 Å². The quantitative estimate of drug-likeness (QED) is 0.734. The molecule has 0 bridgehead atoms. The van der Waals surface area contributed by atoms with Crippen molar-refractivity contribution in [1.82, 2.24) is 4.98 Å². The predicted molar refractivity (Wildman–Crippen MR) is 69.0 cm³/mol. The van der Waals surface area contributed by atoms with Crippen LogP contribution in [-0.4, -0.2) is 17.6 Å². The fourth-order valence-corrected chi connectivity index (χ4v) is 2.48. The zero-order valence-corrected chi connectivity index (χ0v) is 10.7. The molecule has 2 nitrogen and oxygen atoms in total. The van der Waals surface area contributed by atoms with Gasteiger partial charge in [-0.15, -0.1) is 11.6 Å². The summed E-state index contributed by atoms with van der Waals surface area (Å²) in [7, 11) is 0. The number of piperidine rings is 1. The second-order valence-electron chi connectivity index (χ2n) is 4.71. The van der Waals surface area contributed by atoms with Crippen molar-refractivity contribution in [2.45, 2.75) is 38.6 Å². The third-order valence-corrected chi connectivity index (χ3v) is 3.94. The minimum atomic E-state index is 0.541. The molecule has 1 aliphatic rings. The highest BCUT2D eigenvalue weighted by Crippen LogP contribution is 2.27. The van der Waals surface area contributed by atoms with Gasteiger partial charge in [0.15, 0.2) is 0 Å². The smallest absolute Gasteiger partial charge is 0.128 e. The maximum Gasteiger partial charge on any atom is 0.128 e. The first-order valence-electron chi connectivity index (χ1n) is 6.00. The Morgan fingerprint density at radius 3 is 2.88 bits per heavy atom. The monoisotopic (exact) mass is 238 g/mol. The van der Waals surface area contributed by atoms with Crippen LogP contribution in [0.4, 0.5) is 5.82 Å². The maximum absolute atomic E-state index is 5.76. The van der Waals surface area contributed by atoms with Gasteiger partial charge >= 0.3 is 0 Å². The van der Waals surface area contributed by atoms with E-state index < -0.39 is 0 Å². The van der Waals surface area contributed by atoms with E-state index in [1.165, 1.54) is 12.8 Å². The van der Waals surface area contributed by atoms with E-state index in [4.69, 9.17) is 11.6 Å². The van der Waals surface area contributed by atoms with Gasteiger partial charge in [0.1, 0.15) is 5.82 Å². The molecule has 88 valence electrons. The van der Waals surface area contributed by atoms with E-state index in [9.17, 15) is 0 Å². The summed E-state index contributed by atoms with van der Waals surface area (Å²) >= 11 is 5.76. The van der Waals surface area contributed by atoms with Gasteiger partial charge in [0.2, 0.25) is 0 Å². The summed E-state index contributed by atoms with van der Waals surface area (Å²) in [4.78, 5) is 6.91. The lowest BCUT2D eigenvalue weighted by molar-refractivity contribution is 0.361. The van der Waals surface area contributed by atoms with Crippen molar-refractivity contribution >= 4 is 17.4 Å². The summed E-state index contributed by atoms with van der Waals surface area (Å²) in [5.41, 5.74) is 1.09. The van der Waals surface area contributed by atoms with Gasteiger partial charge in [0, 0.05) is 24.7 Å². The Kier molecular flexibility index (Phi) is 3.70. The van der Waals surface area contributed by atoms with Crippen LogP contribution < -0.4 is 4.90 Å². The summed E-state index contributed by atoms with van der Waals surface area (Å²) in [6, 6.07) is 4.75. The Hall–Kier alpha value is -0.760. The molecule has 1 fully saturated rings. The fraction of sp³-hybridized carbons (Fsp3) is 0.615. The topological polar surface area (TPSA) is 16.1 Å². The molecule has 1 saturated heterocycles. The van der Waals surface area contributed by atoms with Crippen molar-refractivity contribution in [2.75, 3.05) is 11.4 Å². The molecule has 16 heavy (non-hydrogen) atoms. The Bertz CT molecular complexity index is 336. The van der Waals surface area contributed by atoms with Crippen molar-refractivity contribution in [3.8, 4) is 0 Å². The Labute approximate surface area is 103 Å². The van der Waals surface area contributed by atoms with Gasteiger partial charge in [-0.3, -0.25) is 0 Å². The summed E-state index contributed by atoms with van der Waals surface area (Å²) < 4.78 is 0. The molecule has 2 rings (SSSR count). The highest BCUT2D eigenvalue weighted by atomic mass is 35.5. The maximum atomic E-state index is 5.76. The van der Waals surface area contributed by atoms with E-state index in [1.807, 2.05) is 6.20 Å². The molecule has 2 unspecified atom stereocenters. The molecule has 0 spiro atoms. The Balaban J connectivity index is 2.15. The summed E-state index contributed by atoms with van der Waals surface area (Å²) in [6.45, 7) is 5.74. The number of pyridine rings is 1. The summed E-state index contributed by atoms with van der Waals surface area (Å²) in [5, 5.41) is 0. The molecular weight excluding hydrogens is 220 g/mol. The van der Waals surface area contributed by atoms with Crippen LogP contribution in [-0.2, 0) is 5.88 Å². The first-order chi connectivity index (χ1) is 7.72. The van der Waals surface area contributed by atoms with Crippen LogP contribution >= 0.6 is 11.6 Å². The summed E-state index contributed by atoms with van der Waals surface area (Å²) in [6.07, 6.45) is 4.48. The lowest BCUT2D eigenvalue weighted by Gasteiger charge is -2.38. The highest BCUT2D eigenvalue weighted by molar-refractivity contribution is 6.17. The lowest BCUT2D eigenvalue weighted by Crippen LogP contribution is -2.42. The number of anilines is 1. The number of aromatic nitrogens is 1. The van der Waals surface area contributed by atoms with Crippen molar-refractivity contribution in [3.05, 3.63) is 23.9 Å². The molecule has 0 saturated carbocycles. The third-order valence-electron chi connectivity index (χ3n) is 3.63. The first-order valence-corrected chi connectivity index (χ1v) is 6.53. The molecule has 0 aliphatic carbocycles. The average molecular weight is 239 g/mol. The lowest BCUT2D eigenvalue weighted by atomic mass is 9.92. The van der Waals surface area contributed by atoms with E-state index in [0.717, 1.165) is 23.8 Å². The third kappa shape index (κ3) is 2.32. The van der Waals surface area contributed by atoms with Gasteiger partial charge in [-0.2, -0.15) is 0 Å². The molecule has 0 aromatic carbocycles. The molecule has 2 atom stereocenters. The van der Waals surface area contributed by atoms with Gasteiger partial charge in [-0.1, -0.05) is 13.0 Å². The number of rotatable bonds is 2. The molecule has 0 amide bonds. The van der Waals surface area contributed by atoms with Crippen LogP contribution in [0.5, 0.6) is 0 Å². The van der Waals surface area contributed by atoms with Crippen molar-refractivity contribution in [2.24, 2.45) is 5.92 Å². The SMILES string of the molecule is CC1CCCN(c2ccc(CCl)cn2)C1C. The number of alkyl halides is 1. The van der Waals surface area contributed by atoms with Crippen LogP contribution in [0, 0.1) is 5.92 Å². The molecule has 3 heteroatoms. The summed E-state index contributed by atoms with van der Waals surface area (Å²) in [5.74, 6) is 2.38. The average Bonchev–Trinajstić information content (AvgIpc) is 2.33. The standard InChI is InChI=1S/C13H19ClN2/c1-10-4-3-7-16(11(10)2)13-6-5-12(8-14)9-15-13/h5-6,9-11H,3-4,7-8H2,1-2H3. The second-order valence-corrected chi connectivity index (χ2v) is 4.98. The van der Waals surface area contributed by atoms with Crippen molar-refractivity contribution < 1.29 is 0 Å². The van der Waals surface area contributed by atoms with Crippen LogP contribution in [0.15, 0.2) is 18.3 Å². The Morgan fingerprint density at radius 2 is 2.25 bits per heavy atom. The van der Waals surface area contributed by atoms with E-state index >= 15 is 0 Å². The zero-order chi connectivity index (χ0) is 11.5. The first kappa shape index (κ1) is 11.7. The van der Waals surface area contributed by atoms with Crippen LogP contribution in [0.2, 0.25) is 0 Å². The van der Waals surface area contributed by atoms with E-state index in [0.29, 0.717) is 11.9 Å². The predicted octanol–water partition coefficient (Wildman–Crippen LogP) is 3.45. The molecular formula is C13H19ClN2. The van der Waals surface area contributed by atoms with Crippen molar-refractivity contribution in [1.29, 1.82) is 0 Å². The molecule has 1 aromatic rings. The molecule has 1 aromatic heterocycles. The van der Waals surface area contributed by atoms with E-state index in [2.05, 4.69) is 35.9 Å². The van der Waals surface area contributed by atoms with E-state index in [-0.39, 0.29) is 0 Å². The second kappa shape index (κ2) is 5.05. The highest BCUT2D eigenvalue weighted by Gasteiger charge is 2.25. The number of halogens is 1. The van der Waals surface area contributed by atoms with Gasteiger partial charge < -0.3 is 4.90 Å². The number of hydrogen-bond donors (Lipinski definition) is 0. The van der Waals surface area contributed by atoms with Crippen molar-refractivity contribution in [3.63, 3.8) is 0 Å². The Morgan fingerprint density at radius 1 is 1.44 bits per heavy atom. The molecule has 1 aliphatic heterocycles. The minimum absolute atomic E-state index is 0.541. The minimum Gasteiger partial charge on any atom is -0.354 e. The van der Waals surface area contributed by atoms with Crippen LogP contribution in [0.25, 0.3) is 0 Å². The van der Waals surface area contributed by atoms with Gasteiger partial charge in [0.05, 0.1) is 0 Å². The zero-order valence-electron chi connectivity index (χ0n) is 9.99. The van der Waals surface area contributed by atoms with Crippen LogP contribution in [0.3, 0.4) is 0 Å². The molecule has 2 heterocycles. The normalized spacial score (nSPS) is 25.8. The molecule has 0 radical (unpaired) electrons. The molecule has 0 N–H and O–H groups in total. The largest absolute Gasteiger partial charge is 0.354 e. The van der Waals surface area contributed by atoms with Gasteiger partial charge in [-0.25, -0.2) is 4.98 Å². The van der Waals surface area contributed by atoms with Crippen LogP contribution in [0.1, 0.15) is 32.3 Å².